The number of fused-ring (bicyclic) bond motifs is 1. The van der Waals surface area contributed by atoms with Crippen molar-refractivity contribution in [2.45, 2.75) is 19.9 Å². The Morgan fingerprint density at radius 3 is 2.32 bits per heavy atom. The zero-order chi connectivity index (χ0) is 26.0. The van der Waals surface area contributed by atoms with Crippen LogP contribution in [-0.2, 0) is 27.3 Å². The molecule has 0 N–H and O–H groups in total. The molecule has 0 bridgehead atoms. The zero-order valence-corrected chi connectivity index (χ0v) is 21.3. The molecule has 0 atom stereocenters. The first kappa shape index (κ1) is 25.7. The molecule has 0 unspecified atom stereocenters. The Labute approximate surface area is 218 Å². The lowest BCUT2D eigenvalue weighted by atomic mass is 10.0. The summed E-state index contributed by atoms with van der Waals surface area (Å²) in [6, 6.07) is 26.3. The maximum atomic E-state index is 13.1. The third-order valence-corrected chi connectivity index (χ3v) is 6.22. The van der Waals surface area contributed by atoms with E-state index in [0.717, 1.165) is 34.0 Å². The minimum absolute atomic E-state index is 0.0268. The lowest BCUT2D eigenvalue weighted by Crippen LogP contribution is -2.31. The Morgan fingerprint density at radius 1 is 0.865 bits per heavy atom. The van der Waals surface area contributed by atoms with E-state index in [1.54, 1.807) is 17.9 Å². The number of rotatable bonds is 10. The van der Waals surface area contributed by atoms with Gasteiger partial charge in [0, 0.05) is 42.3 Å². The van der Waals surface area contributed by atoms with E-state index >= 15 is 0 Å². The van der Waals surface area contributed by atoms with Gasteiger partial charge in [-0.15, -0.1) is 0 Å². The van der Waals surface area contributed by atoms with Crippen LogP contribution < -0.4 is 0 Å². The molecule has 0 spiro atoms. The van der Waals surface area contributed by atoms with E-state index in [1.165, 1.54) is 11.6 Å². The molecule has 0 aliphatic heterocycles. The highest BCUT2D eigenvalue weighted by Crippen LogP contribution is 2.28. The molecule has 5 heteroatoms. The normalized spacial score (nSPS) is 11.4. The van der Waals surface area contributed by atoms with Crippen LogP contribution in [0.3, 0.4) is 0 Å². The number of amides is 1. The number of likely N-dealkylation sites (N-methyl/N-ethyl adjacent to an activating group) is 1. The Morgan fingerprint density at radius 2 is 1.59 bits per heavy atom. The van der Waals surface area contributed by atoms with Gasteiger partial charge < -0.3 is 14.2 Å². The quantitative estimate of drug-likeness (QED) is 0.153. The van der Waals surface area contributed by atoms with E-state index in [2.05, 4.69) is 24.3 Å². The van der Waals surface area contributed by atoms with Gasteiger partial charge in [0.2, 0.25) is 5.91 Å². The van der Waals surface area contributed by atoms with E-state index in [-0.39, 0.29) is 12.5 Å². The number of hydrogen-bond acceptors (Lipinski definition) is 3. The third kappa shape index (κ3) is 6.85. The van der Waals surface area contributed by atoms with E-state index in [9.17, 15) is 9.59 Å². The molecule has 4 aromatic rings. The van der Waals surface area contributed by atoms with E-state index in [0.29, 0.717) is 13.2 Å². The molecule has 1 aromatic heterocycles. The number of aromatic nitrogens is 1. The van der Waals surface area contributed by atoms with Crippen molar-refractivity contribution in [3.8, 4) is 0 Å². The average Bonchev–Trinajstić information content (AvgIpc) is 3.28. The fraction of sp³-hybridized carbons (Fsp3) is 0.188. The highest BCUT2D eigenvalue weighted by molar-refractivity contribution is 6.00. The summed E-state index contributed by atoms with van der Waals surface area (Å²) in [5.41, 5.74) is 5.10. The maximum Gasteiger partial charge on any atom is 0.330 e. The fourth-order valence-electron chi connectivity index (χ4n) is 4.24. The SMILES string of the molecule is CCOC(=O)/C=C/c1cn(CC(=O)N(C)CCc2ccccc2)c2cccc(/C=C/c3ccccc3)c12. The highest BCUT2D eigenvalue weighted by Gasteiger charge is 2.15. The van der Waals surface area contributed by atoms with Crippen molar-refractivity contribution in [3.05, 3.63) is 113 Å². The second-order valence-corrected chi connectivity index (χ2v) is 8.83. The van der Waals surface area contributed by atoms with Crippen molar-refractivity contribution >= 4 is 41.0 Å². The molecule has 4 rings (SSSR count). The van der Waals surface area contributed by atoms with Gasteiger partial charge in [-0.1, -0.05) is 84.9 Å². The molecule has 5 nitrogen and oxygen atoms in total. The van der Waals surface area contributed by atoms with Gasteiger partial charge in [0.15, 0.2) is 0 Å². The molecule has 0 radical (unpaired) electrons. The van der Waals surface area contributed by atoms with Crippen LogP contribution in [0.15, 0.2) is 91.1 Å². The molecular formula is C32H32N2O3. The van der Waals surface area contributed by atoms with Crippen LogP contribution in [0, 0.1) is 0 Å². The average molecular weight is 493 g/mol. The number of carbonyl (C=O) groups is 2. The van der Waals surface area contributed by atoms with Crippen LogP contribution >= 0.6 is 0 Å². The lowest BCUT2D eigenvalue weighted by molar-refractivity contribution is -0.137. The third-order valence-electron chi connectivity index (χ3n) is 6.22. The molecule has 37 heavy (non-hydrogen) atoms. The van der Waals surface area contributed by atoms with Crippen LogP contribution in [0.25, 0.3) is 29.1 Å². The fourth-order valence-corrected chi connectivity index (χ4v) is 4.24. The molecule has 3 aromatic carbocycles. The van der Waals surface area contributed by atoms with Crippen molar-refractivity contribution in [2.75, 3.05) is 20.2 Å². The predicted molar refractivity (Wildman–Crippen MR) is 151 cm³/mol. The summed E-state index contributed by atoms with van der Waals surface area (Å²) < 4.78 is 7.03. The van der Waals surface area contributed by atoms with Crippen molar-refractivity contribution in [1.82, 2.24) is 9.47 Å². The summed E-state index contributed by atoms with van der Waals surface area (Å²) in [4.78, 5) is 26.9. The van der Waals surface area contributed by atoms with Gasteiger partial charge in [-0.05, 0) is 42.2 Å². The number of esters is 1. The molecule has 0 fully saturated rings. The van der Waals surface area contributed by atoms with Crippen molar-refractivity contribution in [1.29, 1.82) is 0 Å². The van der Waals surface area contributed by atoms with E-state index in [4.69, 9.17) is 4.74 Å². The standard InChI is InChI=1S/C32H32N2O3/c1-3-37-31(36)20-19-28-23-34(24-30(35)33(2)22-21-26-13-8-5-9-14-26)29-16-10-15-27(32(28)29)18-17-25-11-6-4-7-12-25/h4-20,23H,3,21-22,24H2,1-2H3/b18-17+,20-19+. The molecular weight excluding hydrogens is 460 g/mol. The Balaban J connectivity index is 1.62. The number of carbonyl (C=O) groups excluding carboxylic acids is 2. The predicted octanol–water partition coefficient (Wildman–Crippen LogP) is 6.09. The van der Waals surface area contributed by atoms with E-state index in [1.807, 2.05) is 84.5 Å². The second kappa shape index (κ2) is 12.5. The van der Waals surface area contributed by atoms with Crippen LogP contribution in [0.2, 0.25) is 0 Å². The van der Waals surface area contributed by atoms with E-state index < -0.39 is 5.97 Å². The van der Waals surface area contributed by atoms with Crippen LogP contribution in [0.4, 0.5) is 0 Å². The molecule has 0 aliphatic carbocycles. The Hall–Kier alpha value is -4.38. The summed E-state index contributed by atoms with van der Waals surface area (Å²) in [5.74, 6) is -0.364. The van der Waals surface area contributed by atoms with Gasteiger partial charge in [-0.25, -0.2) is 4.79 Å². The van der Waals surface area contributed by atoms with Gasteiger partial charge in [0.25, 0.3) is 0 Å². The maximum absolute atomic E-state index is 13.1. The number of ether oxygens (including phenoxy) is 1. The molecule has 188 valence electrons. The number of hydrogen-bond donors (Lipinski definition) is 0. The first-order valence-electron chi connectivity index (χ1n) is 12.5. The monoisotopic (exact) mass is 492 g/mol. The first-order valence-corrected chi connectivity index (χ1v) is 12.5. The minimum atomic E-state index is -0.391. The van der Waals surface area contributed by atoms with Gasteiger partial charge in [-0.3, -0.25) is 4.79 Å². The molecule has 1 heterocycles. The second-order valence-electron chi connectivity index (χ2n) is 8.83. The topological polar surface area (TPSA) is 51.5 Å². The summed E-state index contributed by atoms with van der Waals surface area (Å²) >= 11 is 0. The highest BCUT2D eigenvalue weighted by atomic mass is 16.5. The van der Waals surface area contributed by atoms with Gasteiger partial charge in [-0.2, -0.15) is 0 Å². The lowest BCUT2D eigenvalue weighted by Gasteiger charge is -2.18. The smallest absolute Gasteiger partial charge is 0.330 e. The van der Waals surface area contributed by atoms with Crippen LogP contribution in [0.5, 0.6) is 0 Å². The summed E-state index contributed by atoms with van der Waals surface area (Å²) in [5, 5.41) is 0.981. The van der Waals surface area contributed by atoms with Gasteiger partial charge >= 0.3 is 5.97 Å². The van der Waals surface area contributed by atoms with Gasteiger partial charge in [0.1, 0.15) is 6.54 Å². The molecule has 0 saturated carbocycles. The Kier molecular flexibility index (Phi) is 8.71. The largest absolute Gasteiger partial charge is 0.463 e. The molecule has 0 saturated heterocycles. The number of benzene rings is 3. The van der Waals surface area contributed by atoms with Crippen molar-refractivity contribution < 1.29 is 14.3 Å². The number of nitrogens with zero attached hydrogens (tertiary/aromatic N) is 2. The zero-order valence-electron chi connectivity index (χ0n) is 21.3. The van der Waals surface area contributed by atoms with Crippen LogP contribution in [-0.4, -0.2) is 41.5 Å². The summed E-state index contributed by atoms with van der Waals surface area (Å²) in [6.45, 7) is 2.95. The Bertz CT molecular complexity index is 1400. The van der Waals surface area contributed by atoms with Crippen molar-refractivity contribution in [3.63, 3.8) is 0 Å². The molecule has 1 amide bonds. The molecule has 0 aliphatic rings. The van der Waals surface area contributed by atoms with Gasteiger partial charge in [0.05, 0.1) is 6.61 Å². The summed E-state index contributed by atoms with van der Waals surface area (Å²) in [7, 11) is 1.84. The van der Waals surface area contributed by atoms with Crippen molar-refractivity contribution in [2.24, 2.45) is 0 Å². The summed E-state index contributed by atoms with van der Waals surface area (Å²) in [6.07, 6.45) is 10.1. The minimum Gasteiger partial charge on any atom is -0.463 e. The first-order chi connectivity index (χ1) is 18.0. The van der Waals surface area contributed by atoms with Crippen LogP contribution in [0.1, 0.15) is 29.2 Å².